The van der Waals surface area contributed by atoms with E-state index in [1.54, 1.807) is 18.0 Å². The summed E-state index contributed by atoms with van der Waals surface area (Å²) < 4.78 is 0. The number of hydrogen-bond acceptors (Lipinski definition) is 3. The highest BCUT2D eigenvalue weighted by atomic mass is 16.2. The second-order valence-corrected chi connectivity index (χ2v) is 4.60. The summed E-state index contributed by atoms with van der Waals surface area (Å²) in [6.07, 6.45) is 3.39. The van der Waals surface area contributed by atoms with Gasteiger partial charge in [0.05, 0.1) is 18.2 Å². The second kappa shape index (κ2) is 5.66. The maximum absolute atomic E-state index is 12.0. The molecule has 0 radical (unpaired) electrons. The Hall–Kier alpha value is -1.85. The number of H-pyrrole nitrogens is 1. The number of piperidine rings is 1. The standard InChI is InChI=1S/C12H18N4O2/c1-9(17)16-6-2-3-10(8-16)12(18)13-7-11-4-5-14-15-11/h4-5,10H,2-3,6-8H2,1H3,(H,13,18)(H,14,15). The van der Waals surface area contributed by atoms with E-state index in [0.717, 1.165) is 25.1 Å². The van der Waals surface area contributed by atoms with E-state index < -0.39 is 0 Å². The van der Waals surface area contributed by atoms with Gasteiger partial charge in [-0.2, -0.15) is 5.10 Å². The molecule has 0 bridgehead atoms. The van der Waals surface area contributed by atoms with Crippen molar-refractivity contribution in [2.75, 3.05) is 13.1 Å². The molecule has 1 saturated heterocycles. The van der Waals surface area contributed by atoms with Gasteiger partial charge in [0.15, 0.2) is 0 Å². The van der Waals surface area contributed by atoms with Crippen LogP contribution < -0.4 is 5.32 Å². The molecule has 1 aliphatic rings. The third-order valence-electron chi connectivity index (χ3n) is 3.25. The topological polar surface area (TPSA) is 78.1 Å². The lowest BCUT2D eigenvalue weighted by Crippen LogP contribution is -2.44. The molecule has 1 aromatic heterocycles. The fourth-order valence-electron chi connectivity index (χ4n) is 2.19. The van der Waals surface area contributed by atoms with Crippen LogP contribution in [0.1, 0.15) is 25.5 Å². The average Bonchev–Trinajstić information content (AvgIpc) is 2.89. The summed E-state index contributed by atoms with van der Waals surface area (Å²) in [5.74, 6) is -0.0396. The highest BCUT2D eigenvalue weighted by molar-refractivity contribution is 5.80. The Morgan fingerprint density at radius 3 is 3.11 bits per heavy atom. The lowest BCUT2D eigenvalue weighted by Gasteiger charge is -2.31. The normalized spacial score (nSPS) is 19.6. The van der Waals surface area contributed by atoms with Crippen LogP contribution in [0, 0.1) is 5.92 Å². The van der Waals surface area contributed by atoms with E-state index >= 15 is 0 Å². The first kappa shape index (κ1) is 12.6. The Morgan fingerprint density at radius 1 is 1.61 bits per heavy atom. The Balaban J connectivity index is 1.83. The molecule has 0 saturated carbocycles. The predicted octanol–water partition coefficient (Wildman–Crippen LogP) is 0.284. The summed E-state index contributed by atoms with van der Waals surface area (Å²) in [6.45, 7) is 3.30. The van der Waals surface area contributed by atoms with Crippen molar-refractivity contribution in [2.24, 2.45) is 5.92 Å². The summed E-state index contributed by atoms with van der Waals surface area (Å²) in [5, 5.41) is 9.48. The Bertz CT molecular complexity index is 416. The van der Waals surface area contributed by atoms with E-state index in [-0.39, 0.29) is 17.7 Å². The predicted molar refractivity (Wildman–Crippen MR) is 65.4 cm³/mol. The third-order valence-corrected chi connectivity index (χ3v) is 3.25. The van der Waals surface area contributed by atoms with Crippen molar-refractivity contribution in [3.8, 4) is 0 Å². The minimum atomic E-state index is -0.0921. The Labute approximate surface area is 106 Å². The maximum Gasteiger partial charge on any atom is 0.225 e. The lowest BCUT2D eigenvalue weighted by molar-refractivity contribution is -0.134. The van der Waals surface area contributed by atoms with Gasteiger partial charge in [0.25, 0.3) is 0 Å². The minimum Gasteiger partial charge on any atom is -0.350 e. The van der Waals surface area contributed by atoms with Gasteiger partial charge in [0.2, 0.25) is 11.8 Å². The molecule has 1 atom stereocenters. The van der Waals surface area contributed by atoms with Crippen LogP contribution in [0.3, 0.4) is 0 Å². The van der Waals surface area contributed by atoms with Gasteiger partial charge < -0.3 is 10.2 Å². The van der Waals surface area contributed by atoms with Gasteiger partial charge in [-0.25, -0.2) is 0 Å². The molecule has 0 spiro atoms. The molecule has 2 N–H and O–H groups in total. The molecule has 1 fully saturated rings. The zero-order valence-electron chi connectivity index (χ0n) is 10.5. The fourth-order valence-corrected chi connectivity index (χ4v) is 2.19. The SMILES string of the molecule is CC(=O)N1CCCC(C(=O)NCc2ccn[nH]2)C1. The summed E-state index contributed by atoms with van der Waals surface area (Å²) in [4.78, 5) is 25.0. The molecule has 1 unspecified atom stereocenters. The first-order valence-corrected chi connectivity index (χ1v) is 6.18. The van der Waals surface area contributed by atoms with Crippen LogP contribution in [0.2, 0.25) is 0 Å². The van der Waals surface area contributed by atoms with Gasteiger partial charge in [-0.05, 0) is 18.9 Å². The summed E-state index contributed by atoms with van der Waals surface area (Å²) in [6, 6.07) is 1.82. The molecule has 1 aliphatic heterocycles. The number of aromatic amines is 1. The number of nitrogens with one attached hydrogen (secondary N) is 2. The van der Waals surface area contributed by atoms with E-state index in [1.165, 1.54) is 0 Å². The molecule has 18 heavy (non-hydrogen) atoms. The van der Waals surface area contributed by atoms with Crippen LogP contribution >= 0.6 is 0 Å². The molecule has 6 heteroatoms. The van der Waals surface area contributed by atoms with Crippen LogP contribution in [-0.4, -0.2) is 40.0 Å². The van der Waals surface area contributed by atoms with Gasteiger partial charge >= 0.3 is 0 Å². The molecule has 0 aliphatic carbocycles. The summed E-state index contributed by atoms with van der Waals surface area (Å²) >= 11 is 0. The van der Waals surface area contributed by atoms with E-state index in [1.807, 2.05) is 6.07 Å². The fraction of sp³-hybridized carbons (Fsp3) is 0.583. The number of hydrogen-bond donors (Lipinski definition) is 2. The van der Waals surface area contributed by atoms with E-state index in [0.29, 0.717) is 13.1 Å². The zero-order valence-corrected chi connectivity index (χ0v) is 10.5. The number of rotatable bonds is 3. The van der Waals surface area contributed by atoms with Crippen LogP contribution in [-0.2, 0) is 16.1 Å². The Kier molecular flexibility index (Phi) is 3.96. The molecule has 98 valence electrons. The van der Waals surface area contributed by atoms with Crippen LogP contribution in [0.4, 0.5) is 0 Å². The van der Waals surface area contributed by atoms with Crippen molar-refractivity contribution < 1.29 is 9.59 Å². The molecule has 2 rings (SSSR count). The molecule has 2 amide bonds. The van der Waals surface area contributed by atoms with Crippen molar-refractivity contribution in [1.82, 2.24) is 20.4 Å². The van der Waals surface area contributed by atoms with Gasteiger partial charge in [-0.15, -0.1) is 0 Å². The van der Waals surface area contributed by atoms with E-state index in [2.05, 4.69) is 15.5 Å². The first-order chi connectivity index (χ1) is 8.66. The third kappa shape index (κ3) is 3.09. The van der Waals surface area contributed by atoms with E-state index in [4.69, 9.17) is 0 Å². The van der Waals surface area contributed by atoms with Crippen molar-refractivity contribution in [2.45, 2.75) is 26.3 Å². The van der Waals surface area contributed by atoms with Crippen LogP contribution in [0.5, 0.6) is 0 Å². The lowest BCUT2D eigenvalue weighted by atomic mass is 9.97. The zero-order chi connectivity index (χ0) is 13.0. The van der Waals surface area contributed by atoms with Gasteiger partial charge in [-0.3, -0.25) is 14.7 Å². The van der Waals surface area contributed by atoms with Crippen molar-refractivity contribution in [3.63, 3.8) is 0 Å². The second-order valence-electron chi connectivity index (χ2n) is 4.60. The molecule has 1 aromatic rings. The largest absolute Gasteiger partial charge is 0.350 e. The number of likely N-dealkylation sites (tertiary alicyclic amines) is 1. The number of carbonyl (C=O) groups excluding carboxylic acids is 2. The van der Waals surface area contributed by atoms with Crippen molar-refractivity contribution in [1.29, 1.82) is 0 Å². The number of aromatic nitrogens is 2. The molecular weight excluding hydrogens is 232 g/mol. The molecule has 0 aromatic carbocycles. The van der Waals surface area contributed by atoms with Crippen molar-refractivity contribution in [3.05, 3.63) is 18.0 Å². The van der Waals surface area contributed by atoms with Crippen molar-refractivity contribution >= 4 is 11.8 Å². The van der Waals surface area contributed by atoms with Crippen LogP contribution in [0.15, 0.2) is 12.3 Å². The smallest absolute Gasteiger partial charge is 0.225 e. The van der Waals surface area contributed by atoms with Gasteiger partial charge in [0, 0.05) is 26.2 Å². The van der Waals surface area contributed by atoms with Gasteiger partial charge in [0.1, 0.15) is 0 Å². The molecular formula is C12H18N4O2. The number of nitrogens with zero attached hydrogens (tertiary/aromatic N) is 2. The highest BCUT2D eigenvalue weighted by Gasteiger charge is 2.26. The monoisotopic (exact) mass is 250 g/mol. The number of amides is 2. The van der Waals surface area contributed by atoms with Gasteiger partial charge in [-0.1, -0.05) is 0 Å². The summed E-state index contributed by atoms with van der Waals surface area (Å²) in [7, 11) is 0. The maximum atomic E-state index is 12.0. The molecule has 2 heterocycles. The average molecular weight is 250 g/mol. The first-order valence-electron chi connectivity index (χ1n) is 6.18. The number of carbonyl (C=O) groups is 2. The quantitative estimate of drug-likeness (QED) is 0.809. The van der Waals surface area contributed by atoms with Crippen LogP contribution in [0.25, 0.3) is 0 Å². The highest BCUT2D eigenvalue weighted by Crippen LogP contribution is 2.16. The molecule has 6 nitrogen and oxygen atoms in total. The minimum absolute atomic E-state index is 0.00977. The summed E-state index contributed by atoms with van der Waals surface area (Å²) in [5.41, 5.74) is 0.877. The van der Waals surface area contributed by atoms with E-state index in [9.17, 15) is 9.59 Å². The Morgan fingerprint density at radius 2 is 2.44 bits per heavy atom.